The lowest BCUT2D eigenvalue weighted by molar-refractivity contribution is -0.116. The van der Waals surface area contributed by atoms with Crippen molar-refractivity contribution in [2.45, 2.75) is 25.7 Å². The summed E-state index contributed by atoms with van der Waals surface area (Å²) in [5.74, 6) is -0.901. The van der Waals surface area contributed by atoms with Gasteiger partial charge in [0.2, 0.25) is 5.91 Å². The van der Waals surface area contributed by atoms with E-state index in [-0.39, 0.29) is 22.2 Å². The molecular weight excluding hydrogens is 331 g/mol. The molecule has 5 nitrogen and oxygen atoms in total. The highest BCUT2D eigenvalue weighted by Crippen LogP contribution is 2.29. The molecule has 0 saturated heterocycles. The molecule has 1 N–H and O–H groups in total. The van der Waals surface area contributed by atoms with Crippen LogP contribution in [0.3, 0.4) is 0 Å². The van der Waals surface area contributed by atoms with Crippen molar-refractivity contribution in [2.75, 3.05) is 16.7 Å². The monoisotopic (exact) mass is 350 g/mol. The molecule has 0 spiro atoms. The van der Waals surface area contributed by atoms with E-state index in [0.717, 1.165) is 17.2 Å². The Morgan fingerprint density at radius 2 is 1.75 bits per heavy atom. The van der Waals surface area contributed by atoms with Gasteiger partial charge < -0.3 is 4.90 Å². The van der Waals surface area contributed by atoms with Crippen molar-refractivity contribution in [1.29, 1.82) is 0 Å². The van der Waals surface area contributed by atoms with Gasteiger partial charge in [0, 0.05) is 20.0 Å². The van der Waals surface area contributed by atoms with Crippen LogP contribution in [0.25, 0.3) is 0 Å². The number of hydrogen-bond donors (Lipinski definition) is 1. The zero-order valence-electron chi connectivity index (χ0n) is 13.9. The van der Waals surface area contributed by atoms with Crippen molar-refractivity contribution in [3.05, 3.63) is 53.3 Å². The Kier molecular flexibility index (Phi) is 4.94. The van der Waals surface area contributed by atoms with Crippen LogP contribution >= 0.6 is 0 Å². The second-order valence-corrected chi connectivity index (χ2v) is 7.27. The summed E-state index contributed by atoms with van der Waals surface area (Å²) in [7, 11) is -2.42. The van der Waals surface area contributed by atoms with E-state index in [4.69, 9.17) is 0 Å². The average Bonchev–Trinajstić information content (AvgIpc) is 2.49. The number of aryl methyl sites for hydroxylation is 2. The number of rotatable bonds is 4. The van der Waals surface area contributed by atoms with Crippen LogP contribution in [0.1, 0.15) is 18.1 Å². The minimum absolute atomic E-state index is 0.00549. The van der Waals surface area contributed by atoms with Crippen molar-refractivity contribution in [3.63, 3.8) is 0 Å². The Morgan fingerprint density at radius 1 is 1.08 bits per heavy atom. The first-order valence-corrected chi connectivity index (χ1v) is 8.74. The van der Waals surface area contributed by atoms with Crippen LogP contribution in [0.15, 0.2) is 41.3 Å². The Bertz CT molecular complexity index is 895. The number of carbonyl (C=O) groups is 1. The summed E-state index contributed by atoms with van der Waals surface area (Å²) < 4.78 is 41.1. The Labute approximate surface area is 141 Å². The van der Waals surface area contributed by atoms with Crippen LogP contribution in [0.5, 0.6) is 0 Å². The molecular formula is C17H19FN2O3S. The maximum absolute atomic E-state index is 13.6. The molecule has 24 heavy (non-hydrogen) atoms. The Morgan fingerprint density at radius 3 is 2.33 bits per heavy atom. The van der Waals surface area contributed by atoms with E-state index in [1.807, 2.05) is 13.8 Å². The van der Waals surface area contributed by atoms with Gasteiger partial charge in [0.05, 0.1) is 16.3 Å². The van der Waals surface area contributed by atoms with Crippen molar-refractivity contribution in [2.24, 2.45) is 0 Å². The van der Waals surface area contributed by atoms with Crippen LogP contribution < -0.4 is 9.62 Å². The number of sulfonamides is 1. The normalized spacial score (nSPS) is 11.2. The van der Waals surface area contributed by atoms with Crippen LogP contribution in [-0.4, -0.2) is 21.4 Å². The maximum Gasteiger partial charge on any atom is 0.261 e. The number of nitrogens with one attached hydrogen (secondary N) is 1. The fourth-order valence-electron chi connectivity index (χ4n) is 2.14. The first-order chi connectivity index (χ1) is 11.1. The van der Waals surface area contributed by atoms with Gasteiger partial charge in [-0.1, -0.05) is 6.07 Å². The number of benzene rings is 2. The summed E-state index contributed by atoms with van der Waals surface area (Å²) in [6.45, 7) is 5.03. The van der Waals surface area contributed by atoms with Crippen molar-refractivity contribution in [1.82, 2.24) is 0 Å². The second kappa shape index (κ2) is 6.60. The Hall–Kier alpha value is -2.41. The minimum atomic E-state index is -3.91. The van der Waals surface area contributed by atoms with E-state index < -0.39 is 15.8 Å². The highest BCUT2D eigenvalue weighted by Gasteiger charge is 2.19. The number of carbonyl (C=O) groups excluding carboxylic acids is 1. The van der Waals surface area contributed by atoms with E-state index in [9.17, 15) is 17.6 Å². The topological polar surface area (TPSA) is 66.5 Å². The third-order valence-corrected chi connectivity index (χ3v) is 5.19. The first kappa shape index (κ1) is 17.9. The average molecular weight is 350 g/mol. The highest BCUT2D eigenvalue weighted by atomic mass is 32.2. The molecule has 0 saturated carbocycles. The Balaban J connectivity index is 2.47. The van der Waals surface area contributed by atoms with E-state index in [1.54, 1.807) is 12.1 Å². The van der Waals surface area contributed by atoms with E-state index >= 15 is 0 Å². The SMILES string of the molecule is CC(=O)N(C)c1ccc(F)cc1NS(=O)(=O)c1ccc(C)c(C)c1. The smallest absolute Gasteiger partial charge is 0.261 e. The van der Waals surface area contributed by atoms with Gasteiger partial charge in [0.15, 0.2) is 0 Å². The van der Waals surface area contributed by atoms with Crippen molar-refractivity contribution in [3.8, 4) is 0 Å². The molecule has 7 heteroatoms. The number of amides is 1. The molecule has 0 aliphatic heterocycles. The predicted octanol–water partition coefficient (Wildman–Crippen LogP) is 3.23. The maximum atomic E-state index is 13.6. The zero-order chi connectivity index (χ0) is 18.1. The van der Waals surface area contributed by atoms with Gasteiger partial charge in [-0.05, 0) is 49.2 Å². The summed E-state index contributed by atoms with van der Waals surface area (Å²) in [5, 5.41) is 0. The van der Waals surface area contributed by atoms with Crippen LogP contribution in [0.2, 0.25) is 0 Å². The van der Waals surface area contributed by atoms with Crippen LogP contribution in [0, 0.1) is 19.7 Å². The van der Waals surface area contributed by atoms with Crippen LogP contribution in [-0.2, 0) is 14.8 Å². The third-order valence-electron chi connectivity index (χ3n) is 3.83. The second-order valence-electron chi connectivity index (χ2n) is 5.59. The molecule has 128 valence electrons. The van der Waals surface area contributed by atoms with Crippen molar-refractivity contribution < 1.29 is 17.6 Å². The summed E-state index contributed by atoms with van der Waals surface area (Å²) >= 11 is 0. The predicted molar refractivity (Wildman–Crippen MR) is 92.2 cm³/mol. The molecule has 0 atom stereocenters. The fraction of sp³-hybridized carbons (Fsp3) is 0.235. The van der Waals surface area contributed by atoms with E-state index in [1.165, 1.54) is 37.1 Å². The molecule has 1 amide bonds. The molecule has 0 radical (unpaired) electrons. The highest BCUT2D eigenvalue weighted by molar-refractivity contribution is 7.92. The van der Waals surface area contributed by atoms with Gasteiger partial charge in [0.25, 0.3) is 10.0 Å². The molecule has 2 rings (SSSR count). The van der Waals surface area contributed by atoms with Gasteiger partial charge in [-0.3, -0.25) is 9.52 Å². The summed E-state index contributed by atoms with van der Waals surface area (Å²) in [6, 6.07) is 8.31. The van der Waals surface area contributed by atoms with Crippen molar-refractivity contribution >= 4 is 27.3 Å². The number of anilines is 2. The standard InChI is InChI=1S/C17H19FN2O3S/c1-11-5-7-15(9-12(11)2)24(22,23)19-16-10-14(18)6-8-17(16)20(4)13(3)21/h5-10,19H,1-4H3. The molecule has 0 heterocycles. The first-order valence-electron chi connectivity index (χ1n) is 7.26. The minimum Gasteiger partial charge on any atom is -0.314 e. The molecule has 2 aromatic rings. The number of nitrogens with zero attached hydrogens (tertiary/aromatic N) is 1. The number of hydrogen-bond acceptors (Lipinski definition) is 3. The zero-order valence-corrected chi connectivity index (χ0v) is 14.7. The molecule has 0 aliphatic rings. The summed E-state index contributed by atoms with van der Waals surface area (Å²) in [4.78, 5) is 12.9. The quantitative estimate of drug-likeness (QED) is 0.921. The molecule has 0 aliphatic carbocycles. The molecule has 0 unspecified atom stereocenters. The lowest BCUT2D eigenvalue weighted by Crippen LogP contribution is -2.25. The molecule has 0 fully saturated rings. The van der Waals surface area contributed by atoms with Gasteiger partial charge in [0.1, 0.15) is 5.82 Å². The third kappa shape index (κ3) is 3.73. The van der Waals surface area contributed by atoms with Gasteiger partial charge >= 0.3 is 0 Å². The lowest BCUT2D eigenvalue weighted by atomic mass is 10.1. The van der Waals surface area contributed by atoms with Gasteiger partial charge in [-0.2, -0.15) is 0 Å². The molecule has 2 aromatic carbocycles. The summed E-state index contributed by atoms with van der Waals surface area (Å²) in [5.41, 5.74) is 2.08. The van der Waals surface area contributed by atoms with Crippen LogP contribution in [0.4, 0.5) is 15.8 Å². The molecule has 0 bridgehead atoms. The lowest BCUT2D eigenvalue weighted by Gasteiger charge is -2.20. The van der Waals surface area contributed by atoms with Gasteiger partial charge in [-0.25, -0.2) is 12.8 Å². The number of halogens is 1. The van der Waals surface area contributed by atoms with E-state index in [2.05, 4.69) is 4.72 Å². The molecule has 0 aromatic heterocycles. The fourth-order valence-corrected chi connectivity index (χ4v) is 3.29. The van der Waals surface area contributed by atoms with Gasteiger partial charge in [-0.15, -0.1) is 0 Å². The largest absolute Gasteiger partial charge is 0.314 e. The van der Waals surface area contributed by atoms with E-state index in [0.29, 0.717) is 0 Å². The summed E-state index contributed by atoms with van der Waals surface area (Å²) in [6.07, 6.45) is 0.